The number of carbonyl (C=O) groups is 2. The molecule has 20 heavy (non-hydrogen) atoms. The fraction of sp³-hybridized carbons (Fsp3) is 0.867. The topological polar surface area (TPSA) is 60.9 Å². The lowest BCUT2D eigenvalue weighted by Gasteiger charge is -2.41. The van der Waals surface area contributed by atoms with Crippen molar-refractivity contribution < 1.29 is 14.7 Å². The molecular formula is C15H28N2O3. The molecule has 1 aliphatic rings. The molecule has 0 bridgehead atoms. The summed E-state index contributed by atoms with van der Waals surface area (Å²) in [5.41, 5.74) is -0.784. The molecule has 0 aromatic rings. The van der Waals surface area contributed by atoms with Crippen LogP contribution in [0.1, 0.15) is 47.5 Å². The maximum absolute atomic E-state index is 12.5. The summed E-state index contributed by atoms with van der Waals surface area (Å²) < 4.78 is 0. The molecule has 1 atom stereocenters. The standard InChI is InChI=1S/C15H28N2O3/c1-6-17(11(2)3)14(20)16-9-7-8-12(10-16)15(4,5)13(18)19/h11-12H,6-10H2,1-5H3,(H,18,19). The minimum Gasteiger partial charge on any atom is -0.481 e. The molecule has 0 aromatic carbocycles. The highest BCUT2D eigenvalue weighted by molar-refractivity contribution is 5.76. The number of likely N-dealkylation sites (tertiary alicyclic amines) is 1. The summed E-state index contributed by atoms with van der Waals surface area (Å²) in [5, 5.41) is 9.35. The first-order chi connectivity index (χ1) is 9.21. The highest BCUT2D eigenvalue weighted by Gasteiger charge is 2.40. The van der Waals surface area contributed by atoms with Crippen molar-refractivity contribution in [3.8, 4) is 0 Å². The summed E-state index contributed by atoms with van der Waals surface area (Å²) >= 11 is 0. The minimum absolute atomic E-state index is 0.0172. The number of rotatable bonds is 4. The van der Waals surface area contributed by atoms with Crippen LogP contribution in [0.4, 0.5) is 4.79 Å². The molecule has 1 aliphatic heterocycles. The first kappa shape index (κ1) is 16.8. The SMILES string of the molecule is CCN(C(=O)N1CCCC(C(C)(C)C(=O)O)C1)C(C)C. The van der Waals surface area contributed by atoms with E-state index in [-0.39, 0.29) is 18.0 Å². The van der Waals surface area contributed by atoms with Crippen LogP contribution in [0, 0.1) is 11.3 Å². The Kier molecular flexibility index (Phi) is 5.42. The van der Waals surface area contributed by atoms with Crippen molar-refractivity contribution in [3.63, 3.8) is 0 Å². The molecule has 0 aromatic heterocycles. The molecule has 116 valence electrons. The van der Waals surface area contributed by atoms with E-state index >= 15 is 0 Å². The summed E-state index contributed by atoms with van der Waals surface area (Å²) in [7, 11) is 0. The molecule has 1 unspecified atom stereocenters. The first-order valence-electron chi connectivity index (χ1n) is 7.50. The van der Waals surface area contributed by atoms with Crippen LogP contribution in [-0.2, 0) is 4.79 Å². The van der Waals surface area contributed by atoms with Gasteiger partial charge in [0.2, 0.25) is 0 Å². The maximum atomic E-state index is 12.5. The van der Waals surface area contributed by atoms with Crippen molar-refractivity contribution >= 4 is 12.0 Å². The zero-order valence-electron chi connectivity index (χ0n) is 13.3. The Balaban J connectivity index is 2.79. The number of amides is 2. The molecule has 1 heterocycles. The number of piperidine rings is 1. The van der Waals surface area contributed by atoms with Crippen LogP contribution in [0.2, 0.25) is 0 Å². The predicted octanol–water partition coefficient (Wildman–Crippen LogP) is 2.66. The van der Waals surface area contributed by atoms with E-state index in [1.54, 1.807) is 13.8 Å². The van der Waals surface area contributed by atoms with Crippen LogP contribution < -0.4 is 0 Å². The zero-order valence-corrected chi connectivity index (χ0v) is 13.3. The molecule has 0 saturated carbocycles. The van der Waals surface area contributed by atoms with Crippen molar-refractivity contribution in [2.75, 3.05) is 19.6 Å². The largest absolute Gasteiger partial charge is 0.481 e. The van der Waals surface area contributed by atoms with E-state index in [1.165, 1.54) is 0 Å². The van der Waals surface area contributed by atoms with Gasteiger partial charge in [0.15, 0.2) is 0 Å². The Labute approximate surface area is 121 Å². The molecular weight excluding hydrogens is 256 g/mol. The molecule has 5 nitrogen and oxygen atoms in total. The van der Waals surface area contributed by atoms with Gasteiger partial charge in [-0.1, -0.05) is 0 Å². The van der Waals surface area contributed by atoms with Crippen molar-refractivity contribution in [3.05, 3.63) is 0 Å². The van der Waals surface area contributed by atoms with Gasteiger partial charge in [0.05, 0.1) is 5.41 Å². The Hall–Kier alpha value is -1.26. The van der Waals surface area contributed by atoms with Crippen LogP contribution in [0.25, 0.3) is 0 Å². The van der Waals surface area contributed by atoms with Gasteiger partial charge < -0.3 is 14.9 Å². The predicted molar refractivity (Wildman–Crippen MR) is 78.6 cm³/mol. The van der Waals surface area contributed by atoms with Crippen LogP contribution in [0.15, 0.2) is 0 Å². The van der Waals surface area contributed by atoms with Gasteiger partial charge in [-0.25, -0.2) is 4.79 Å². The first-order valence-corrected chi connectivity index (χ1v) is 7.50. The number of hydrogen-bond donors (Lipinski definition) is 1. The lowest BCUT2D eigenvalue weighted by Crippen LogP contribution is -2.52. The Bertz CT molecular complexity index is 366. The van der Waals surface area contributed by atoms with E-state index in [0.29, 0.717) is 13.1 Å². The second kappa shape index (κ2) is 6.46. The lowest BCUT2D eigenvalue weighted by molar-refractivity contribution is -0.151. The molecule has 5 heteroatoms. The summed E-state index contributed by atoms with van der Waals surface area (Å²) in [6, 6.07) is 0.203. The number of carboxylic acid groups (broad SMARTS) is 1. The van der Waals surface area contributed by atoms with Crippen molar-refractivity contribution in [1.82, 2.24) is 9.80 Å². The zero-order chi connectivity index (χ0) is 15.5. The van der Waals surface area contributed by atoms with Crippen LogP contribution in [0.3, 0.4) is 0 Å². The van der Waals surface area contributed by atoms with E-state index in [0.717, 1.165) is 19.4 Å². The van der Waals surface area contributed by atoms with E-state index in [2.05, 4.69) is 0 Å². The van der Waals surface area contributed by atoms with E-state index in [4.69, 9.17) is 0 Å². The number of aliphatic carboxylic acids is 1. The van der Waals surface area contributed by atoms with E-state index in [9.17, 15) is 14.7 Å². The molecule has 0 spiro atoms. The third-order valence-corrected chi connectivity index (χ3v) is 4.47. The van der Waals surface area contributed by atoms with Crippen LogP contribution in [0.5, 0.6) is 0 Å². The third-order valence-electron chi connectivity index (χ3n) is 4.47. The second-order valence-electron chi connectivity index (χ2n) is 6.47. The Morgan fingerprint density at radius 3 is 2.45 bits per heavy atom. The average molecular weight is 284 g/mol. The van der Waals surface area contributed by atoms with Gasteiger partial charge in [0.25, 0.3) is 0 Å². The fourth-order valence-electron chi connectivity index (χ4n) is 2.82. The van der Waals surface area contributed by atoms with Gasteiger partial charge in [-0.3, -0.25) is 4.79 Å². The molecule has 1 fully saturated rings. The van der Waals surface area contributed by atoms with Crippen molar-refractivity contribution in [1.29, 1.82) is 0 Å². The molecule has 0 radical (unpaired) electrons. The van der Waals surface area contributed by atoms with Crippen molar-refractivity contribution in [2.45, 2.75) is 53.5 Å². The molecule has 1 N–H and O–H groups in total. The molecule has 0 aliphatic carbocycles. The number of nitrogens with zero attached hydrogens (tertiary/aromatic N) is 2. The Morgan fingerprint density at radius 1 is 1.40 bits per heavy atom. The summed E-state index contributed by atoms with van der Waals surface area (Å²) in [6.45, 7) is 11.5. The monoisotopic (exact) mass is 284 g/mol. The van der Waals surface area contributed by atoms with Gasteiger partial charge in [0, 0.05) is 25.7 Å². The number of carboxylic acids is 1. The third kappa shape index (κ3) is 3.44. The number of carbonyl (C=O) groups excluding carboxylic acids is 1. The van der Waals surface area contributed by atoms with Crippen LogP contribution >= 0.6 is 0 Å². The van der Waals surface area contributed by atoms with E-state index < -0.39 is 11.4 Å². The molecule has 1 saturated heterocycles. The second-order valence-corrected chi connectivity index (χ2v) is 6.47. The normalized spacial score (nSPS) is 20.1. The smallest absolute Gasteiger partial charge is 0.320 e. The van der Waals surface area contributed by atoms with Gasteiger partial charge in [0.1, 0.15) is 0 Å². The summed E-state index contributed by atoms with van der Waals surface area (Å²) in [5.74, 6) is -0.767. The van der Waals surface area contributed by atoms with Gasteiger partial charge in [-0.2, -0.15) is 0 Å². The Morgan fingerprint density at radius 2 is 2.00 bits per heavy atom. The highest BCUT2D eigenvalue weighted by Crippen LogP contribution is 2.34. The summed E-state index contributed by atoms with van der Waals surface area (Å²) in [4.78, 5) is 27.6. The maximum Gasteiger partial charge on any atom is 0.320 e. The number of hydrogen-bond acceptors (Lipinski definition) is 2. The van der Waals surface area contributed by atoms with Gasteiger partial charge in [-0.15, -0.1) is 0 Å². The highest BCUT2D eigenvalue weighted by atomic mass is 16.4. The lowest BCUT2D eigenvalue weighted by atomic mass is 9.74. The average Bonchev–Trinajstić information content (AvgIpc) is 2.38. The van der Waals surface area contributed by atoms with E-state index in [1.807, 2.05) is 30.6 Å². The molecule has 1 rings (SSSR count). The van der Waals surface area contributed by atoms with Crippen molar-refractivity contribution in [2.24, 2.45) is 11.3 Å². The van der Waals surface area contributed by atoms with Crippen LogP contribution in [-0.4, -0.2) is 52.6 Å². The quantitative estimate of drug-likeness (QED) is 0.863. The minimum atomic E-state index is -0.784. The fourth-order valence-corrected chi connectivity index (χ4v) is 2.82. The van der Waals surface area contributed by atoms with Gasteiger partial charge >= 0.3 is 12.0 Å². The van der Waals surface area contributed by atoms with Gasteiger partial charge in [-0.05, 0) is 53.4 Å². The number of urea groups is 1. The molecule has 2 amide bonds. The summed E-state index contributed by atoms with van der Waals surface area (Å²) in [6.07, 6.45) is 1.75.